The number of nitrogens with one attached hydrogen (secondary N) is 1. The van der Waals surface area contributed by atoms with Gasteiger partial charge in [0.05, 0.1) is 5.75 Å². The fourth-order valence-corrected chi connectivity index (χ4v) is 2.56. The zero-order valence-corrected chi connectivity index (χ0v) is 16.8. The summed E-state index contributed by atoms with van der Waals surface area (Å²) in [6.45, 7) is 9.46. The largest absolute Gasteiger partial charge is 0.444 e. The van der Waals surface area contributed by atoms with Crippen molar-refractivity contribution in [1.82, 2.24) is 20.4 Å². The number of rotatable bonds is 7. The van der Waals surface area contributed by atoms with E-state index in [-0.39, 0.29) is 11.7 Å². The van der Waals surface area contributed by atoms with Crippen molar-refractivity contribution in [2.24, 2.45) is 5.92 Å². The van der Waals surface area contributed by atoms with Crippen molar-refractivity contribution in [3.63, 3.8) is 0 Å². The van der Waals surface area contributed by atoms with Gasteiger partial charge in [-0.1, -0.05) is 25.6 Å². The van der Waals surface area contributed by atoms with E-state index in [1.807, 2.05) is 13.8 Å². The van der Waals surface area contributed by atoms with Crippen molar-refractivity contribution in [3.05, 3.63) is 5.89 Å². The highest BCUT2D eigenvalue weighted by Gasteiger charge is 2.25. The minimum Gasteiger partial charge on any atom is -0.444 e. The SMILES string of the molecule is CC(C)C[C@H](NC(=O)OC(C)(C)C)c1nnc(SCC(=O)N(C)C)o1. The molecule has 1 atom stereocenters. The molecule has 1 aromatic rings. The summed E-state index contributed by atoms with van der Waals surface area (Å²) in [5, 5.41) is 11.0. The smallest absolute Gasteiger partial charge is 0.408 e. The maximum Gasteiger partial charge on any atom is 0.408 e. The van der Waals surface area contributed by atoms with Crippen LogP contribution in [0.3, 0.4) is 0 Å². The van der Waals surface area contributed by atoms with E-state index < -0.39 is 17.7 Å². The monoisotopic (exact) mass is 372 g/mol. The van der Waals surface area contributed by atoms with Crippen LogP contribution in [-0.4, -0.2) is 52.5 Å². The zero-order chi connectivity index (χ0) is 19.2. The number of thioether (sulfide) groups is 1. The van der Waals surface area contributed by atoms with E-state index in [0.29, 0.717) is 23.5 Å². The highest BCUT2D eigenvalue weighted by molar-refractivity contribution is 7.99. The van der Waals surface area contributed by atoms with Crippen molar-refractivity contribution in [2.45, 2.75) is 57.9 Å². The maximum absolute atomic E-state index is 12.0. The van der Waals surface area contributed by atoms with Gasteiger partial charge in [-0.15, -0.1) is 10.2 Å². The molecular formula is C16H28N4O4S. The molecule has 0 unspecified atom stereocenters. The summed E-state index contributed by atoms with van der Waals surface area (Å²) < 4.78 is 10.9. The third kappa shape index (κ3) is 8.24. The highest BCUT2D eigenvalue weighted by Crippen LogP contribution is 2.24. The molecule has 0 radical (unpaired) electrons. The quantitative estimate of drug-likeness (QED) is 0.735. The van der Waals surface area contributed by atoms with E-state index in [1.54, 1.807) is 34.9 Å². The third-order valence-corrected chi connectivity index (χ3v) is 3.74. The lowest BCUT2D eigenvalue weighted by atomic mass is 10.0. The van der Waals surface area contributed by atoms with Gasteiger partial charge in [0.15, 0.2) is 0 Å². The molecule has 1 aromatic heterocycles. The standard InChI is InChI=1S/C16H28N4O4S/c1-10(2)8-11(17-14(22)24-16(3,4)5)13-18-19-15(23-13)25-9-12(21)20(6)7/h10-11H,8-9H2,1-7H3,(H,17,22)/t11-/m0/s1. The molecule has 142 valence electrons. The summed E-state index contributed by atoms with van der Waals surface area (Å²) in [6.07, 6.45) is 0.0932. The lowest BCUT2D eigenvalue weighted by molar-refractivity contribution is -0.125. The molecule has 0 bridgehead atoms. The molecule has 0 saturated heterocycles. The van der Waals surface area contributed by atoms with Crippen molar-refractivity contribution >= 4 is 23.8 Å². The number of amides is 2. The Bertz CT molecular complexity index is 581. The van der Waals surface area contributed by atoms with Crippen LogP contribution in [0.2, 0.25) is 0 Å². The van der Waals surface area contributed by atoms with Crippen LogP contribution >= 0.6 is 11.8 Å². The summed E-state index contributed by atoms with van der Waals surface area (Å²) in [4.78, 5) is 25.2. The number of alkyl carbamates (subject to hydrolysis) is 1. The fraction of sp³-hybridized carbons (Fsp3) is 0.750. The topological polar surface area (TPSA) is 97.6 Å². The van der Waals surface area contributed by atoms with Crippen LogP contribution in [0.4, 0.5) is 4.79 Å². The summed E-state index contributed by atoms with van der Waals surface area (Å²) in [7, 11) is 3.37. The van der Waals surface area contributed by atoms with Crippen molar-refractivity contribution in [2.75, 3.05) is 19.8 Å². The number of hydrogen-bond acceptors (Lipinski definition) is 7. The van der Waals surface area contributed by atoms with Gasteiger partial charge in [-0.3, -0.25) is 4.79 Å². The summed E-state index contributed by atoms with van der Waals surface area (Å²) in [5.41, 5.74) is -0.588. The van der Waals surface area contributed by atoms with Gasteiger partial charge in [-0.05, 0) is 33.1 Å². The Morgan fingerprint density at radius 3 is 2.44 bits per heavy atom. The molecule has 1 heterocycles. The Morgan fingerprint density at radius 2 is 1.92 bits per heavy atom. The second kappa shape index (κ2) is 9.07. The normalized spacial score (nSPS) is 12.8. The van der Waals surface area contributed by atoms with Crippen molar-refractivity contribution in [1.29, 1.82) is 0 Å². The molecule has 0 saturated carbocycles. The molecule has 9 heteroatoms. The van der Waals surface area contributed by atoms with Gasteiger partial charge in [0.2, 0.25) is 11.8 Å². The second-order valence-corrected chi connectivity index (χ2v) is 8.24. The number of carbonyl (C=O) groups excluding carboxylic acids is 2. The summed E-state index contributed by atoms with van der Waals surface area (Å²) in [6, 6.07) is -0.443. The molecular weight excluding hydrogens is 344 g/mol. The first-order valence-corrected chi connectivity index (χ1v) is 9.12. The van der Waals surface area contributed by atoms with Gasteiger partial charge in [0.1, 0.15) is 11.6 Å². The van der Waals surface area contributed by atoms with E-state index >= 15 is 0 Å². The molecule has 0 spiro atoms. The fourth-order valence-electron chi connectivity index (χ4n) is 1.81. The number of ether oxygens (including phenoxy) is 1. The van der Waals surface area contributed by atoms with Crippen molar-refractivity contribution in [3.8, 4) is 0 Å². The average Bonchev–Trinajstić information content (AvgIpc) is 2.90. The predicted molar refractivity (Wildman–Crippen MR) is 95.3 cm³/mol. The molecule has 1 N–H and O–H groups in total. The van der Waals surface area contributed by atoms with Crippen LogP contribution in [0, 0.1) is 5.92 Å². The average molecular weight is 372 g/mol. The van der Waals surface area contributed by atoms with Gasteiger partial charge >= 0.3 is 6.09 Å². The Hall–Kier alpha value is -1.77. The van der Waals surface area contributed by atoms with E-state index in [1.165, 1.54) is 16.7 Å². The Balaban J connectivity index is 2.76. The van der Waals surface area contributed by atoms with E-state index in [2.05, 4.69) is 15.5 Å². The maximum atomic E-state index is 12.0. The van der Waals surface area contributed by atoms with E-state index in [9.17, 15) is 9.59 Å². The zero-order valence-electron chi connectivity index (χ0n) is 16.0. The number of hydrogen-bond donors (Lipinski definition) is 1. The molecule has 0 aliphatic rings. The minimum absolute atomic E-state index is 0.0460. The van der Waals surface area contributed by atoms with Crippen LogP contribution in [0.25, 0.3) is 0 Å². The molecule has 2 amide bonds. The van der Waals surface area contributed by atoms with E-state index in [4.69, 9.17) is 9.15 Å². The first-order chi connectivity index (χ1) is 11.5. The van der Waals surface area contributed by atoms with Gasteiger partial charge in [0.25, 0.3) is 5.22 Å². The number of carbonyl (C=O) groups is 2. The second-order valence-electron chi connectivity index (χ2n) is 7.31. The molecule has 8 nitrogen and oxygen atoms in total. The van der Waals surface area contributed by atoms with E-state index in [0.717, 1.165) is 0 Å². The predicted octanol–water partition coefficient (Wildman–Crippen LogP) is 2.86. The van der Waals surface area contributed by atoms with Crippen molar-refractivity contribution < 1.29 is 18.7 Å². The molecule has 0 fully saturated rings. The van der Waals surface area contributed by atoms with Gasteiger partial charge < -0.3 is 19.4 Å². The van der Waals surface area contributed by atoms with Crippen LogP contribution in [0.15, 0.2) is 9.64 Å². The van der Waals surface area contributed by atoms with Gasteiger partial charge in [-0.25, -0.2) is 4.79 Å². The third-order valence-electron chi connectivity index (χ3n) is 2.94. The first-order valence-electron chi connectivity index (χ1n) is 8.13. The highest BCUT2D eigenvalue weighted by atomic mass is 32.2. The Labute approximate surface area is 153 Å². The lowest BCUT2D eigenvalue weighted by Gasteiger charge is -2.22. The molecule has 1 rings (SSSR count). The van der Waals surface area contributed by atoms with Crippen LogP contribution in [-0.2, 0) is 9.53 Å². The molecule has 25 heavy (non-hydrogen) atoms. The van der Waals surface area contributed by atoms with Crippen LogP contribution in [0.5, 0.6) is 0 Å². The minimum atomic E-state index is -0.588. The summed E-state index contributed by atoms with van der Waals surface area (Å²) in [5.74, 6) is 0.774. The summed E-state index contributed by atoms with van der Waals surface area (Å²) >= 11 is 1.17. The number of nitrogens with zero attached hydrogens (tertiary/aromatic N) is 3. The number of aromatic nitrogens is 2. The first kappa shape index (κ1) is 21.3. The lowest BCUT2D eigenvalue weighted by Crippen LogP contribution is -2.35. The molecule has 0 aliphatic carbocycles. The molecule has 0 aliphatic heterocycles. The van der Waals surface area contributed by atoms with Crippen LogP contribution in [0.1, 0.15) is 53.0 Å². The van der Waals surface area contributed by atoms with Crippen LogP contribution < -0.4 is 5.32 Å². The Morgan fingerprint density at radius 1 is 1.28 bits per heavy atom. The Kier molecular flexibility index (Phi) is 7.72. The van der Waals surface area contributed by atoms with Gasteiger partial charge in [-0.2, -0.15) is 0 Å². The molecule has 0 aromatic carbocycles. The van der Waals surface area contributed by atoms with Gasteiger partial charge in [0, 0.05) is 14.1 Å².